The molecule has 7 nitrogen and oxygen atoms in total. The molecule has 0 saturated carbocycles. The van der Waals surface area contributed by atoms with Gasteiger partial charge in [0.25, 0.3) is 5.56 Å². The Bertz CT molecular complexity index is 1070. The van der Waals surface area contributed by atoms with E-state index >= 15 is 0 Å². The van der Waals surface area contributed by atoms with Crippen LogP contribution in [0.1, 0.15) is 12.1 Å². The van der Waals surface area contributed by atoms with Crippen LogP contribution in [0.15, 0.2) is 59.8 Å². The summed E-state index contributed by atoms with van der Waals surface area (Å²) in [6, 6.07) is 11.3. The largest absolute Gasteiger partial charge is 0.487 e. The molecule has 2 fully saturated rings. The van der Waals surface area contributed by atoms with E-state index in [0.717, 1.165) is 36.8 Å². The number of rotatable bonds is 5. The SMILES string of the molecule is O=c1cc(OCc2ccc(Cl)cn2)ccn1-c1ccc(N2C[C@H]3CCN[C@H]3C2)nc1. The van der Waals surface area contributed by atoms with E-state index in [4.69, 9.17) is 16.3 Å². The van der Waals surface area contributed by atoms with Crippen LogP contribution in [0.2, 0.25) is 5.02 Å². The van der Waals surface area contributed by atoms with Gasteiger partial charge in [-0.05, 0) is 49.2 Å². The predicted molar refractivity (Wildman–Crippen MR) is 116 cm³/mol. The summed E-state index contributed by atoms with van der Waals surface area (Å²) in [7, 11) is 0. The summed E-state index contributed by atoms with van der Waals surface area (Å²) in [5.41, 5.74) is 1.29. The Kier molecular flexibility index (Phi) is 5.14. The van der Waals surface area contributed by atoms with Crippen LogP contribution in [0.25, 0.3) is 5.69 Å². The summed E-state index contributed by atoms with van der Waals surface area (Å²) in [6.07, 6.45) is 6.25. The van der Waals surface area contributed by atoms with Crippen molar-refractivity contribution in [3.63, 3.8) is 0 Å². The maximum absolute atomic E-state index is 12.6. The smallest absolute Gasteiger partial charge is 0.258 e. The summed E-state index contributed by atoms with van der Waals surface area (Å²) in [5, 5.41) is 4.13. The van der Waals surface area contributed by atoms with Crippen LogP contribution in [0, 0.1) is 5.92 Å². The number of anilines is 1. The van der Waals surface area contributed by atoms with Crippen molar-refractivity contribution in [3.05, 3.63) is 76.1 Å². The van der Waals surface area contributed by atoms with Crippen molar-refractivity contribution in [2.24, 2.45) is 5.92 Å². The van der Waals surface area contributed by atoms with Gasteiger partial charge in [-0.3, -0.25) is 14.3 Å². The van der Waals surface area contributed by atoms with E-state index in [0.29, 0.717) is 22.7 Å². The summed E-state index contributed by atoms with van der Waals surface area (Å²) in [5.74, 6) is 2.16. The maximum Gasteiger partial charge on any atom is 0.258 e. The highest BCUT2D eigenvalue weighted by Gasteiger charge is 2.36. The fourth-order valence-corrected chi connectivity index (χ4v) is 4.27. The highest BCUT2D eigenvalue weighted by atomic mass is 35.5. The molecule has 2 aliphatic heterocycles. The number of nitrogens with one attached hydrogen (secondary N) is 1. The Labute approximate surface area is 179 Å². The van der Waals surface area contributed by atoms with E-state index in [9.17, 15) is 4.79 Å². The molecule has 0 aliphatic carbocycles. The van der Waals surface area contributed by atoms with Crippen LogP contribution in [-0.4, -0.2) is 40.2 Å². The molecule has 5 rings (SSSR count). The molecule has 2 aliphatic rings. The number of aromatic nitrogens is 3. The van der Waals surface area contributed by atoms with Gasteiger partial charge in [0.15, 0.2) is 0 Å². The van der Waals surface area contributed by atoms with E-state index in [-0.39, 0.29) is 12.2 Å². The molecule has 8 heteroatoms. The van der Waals surface area contributed by atoms with Gasteiger partial charge in [-0.2, -0.15) is 0 Å². The molecule has 2 atom stereocenters. The Morgan fingerprint density at radius 3 is 2.80 bits per heavy atom. The van der Waals surface area contributed by atoms with Gasteiger partial charge in [-0.25, -0.2) is 4.98 Å². The van der Waals surface area contributed by atoms with Gasteiger partial charge >= 0.3 is 0 Å². The molecule has 3 aromatic rings. The highest BCUT2D eigenvalue weighted by Crippen LogP contribution is 2.28. The minimum atomic E-state index is -0.175. The predicted octanol–water partition coefficient (Wildman–Crippen LogP) is 2.66. The standard InChI is InChI=1S/C22H22ClN5O2/c23-16-1-2-17(25-10-16)14-30-19-6-8-28(22(29)9-19)18-3-4-21(26-11-18)27-12-15-5-7-24-20(15)13-27/h1-4,6,8-11,15,20,24H,5,7,12-14H2/t15-,20+/m1/s1. The van der Waals surface area contributed by atoms with Crippen LogP contribution in [0.3, 0.4) is 0 Å². The van der Waals surface area contributed by atoms with Crippen molar-refractivity contribution in [3.8, 4) is 11.4 Å². The minimum absolute atomic E-state index is 0.175. The first-order chi connectivity index (χ1) is 14.7. The van der Waals surface area contributed by atoms with Crippen LogP contribution >= 0.6 is 11.6 Å². The molecule has 0 unspecified atom stereocenters. The Hall–Kier alpha value is -2.90. The Morgan fingerprint density at radius 2 is 2.07 bits per heavy atom. The van der Waals surface area contributed by atoms with Crippen molar-refractivity contribution < 1.29 is 4.74 Å². The lowest BCUT2D eigenvalue weighted by Crippen LogP contribution is -2.30. The zero-order valence-corrected chi connectivity index (χ0v) is 17.1. The third-order valence-corrected chi connectivity index (χ3v) is 5.99. The molecule has 1 N–H and O–H groups in total. The molecule has 30 heavy (non-hydrogen) atoms. The quantitative estimate of drug-likeness (QED) is 0.680. The highest BCUT2D eigenvalue weighted by molar-refractivity contribution is 6.30. The zero-order valence-electron chi connectivity index (χ0n) is 16.4. The molecule has 2 saturated heterocycles. The van der Waals surface area contributed by atoms with Gasteiger partial charge in [0.2, 0.25) is 0 Å². The molecule has 5 heterocycles. The van der Waals surface area contributed by atoms with Crippen molar-refractivity contribution in [1.29, 1.82) is 0 Å². The summed E-state index contributed by atoms with van der Waals surface area (Å²) in [6.45, 7) is 3.42. The zero-order chi connectivity index (χ0) is 20.5. The number of ether oxygens (including phenoxy) is 1. The number of halogens is 1. The van der Waals surface area contributed by atoms with Gasteiger partial charge in [0.1, 0.15) is 18.2 Å². The van der Waals surface area contributed by atoms with Gasteiger partial charge in [-0.1, -0.05) is 11.6 Å². The van der Waals surface area contributed by atoms with Crippen molar-refractivity contribution in [2.75, 3.05) is 24.5 Å². The second-order valence-electron chi connectivity index (χ2n) is 7.72. The molecule has 0 radical (unpaired) electrons. The van der Waals surface area contributed by atoms with Crippen molar-refractivity contribution >= 4 is 17.4 Å². The van der Waals surface area contributed by atoms with Crippen LogP contribution in [0.5, 0.6) is 5.75 Å². The second-order valence-corrected chi connectivity index (χ2v) is 8.15. The molecule has 0 bridgehead atoms. The lowest BCUT2D eigenvalue weighted by atomic mass is 10.1. The number of fused-ring (bicyclic) bond motifs is 1. The number of hydrogen-bond donors (Lipinski definition) is 1. The lowest BCUT2D eigenvalue weighted by molar-refractivity contribution is 0.300. The van der Waals surface area contributed by atoms with E-state index in [1.165, 1.54) is 12.5 Å². The summed E-state index contributed by atoms with van der Waals surface area (Å²) in [4.78, 5) is 23.7. The van der Waals surface area contributed by atoms with Gasteiger partial charge in [0.05, 0.1) is 22.6 Å². The fraction of sp³-hybridized carbons (Fsp3) is 0.318. The molecule has 0 amide bonds. The molecule has 0 aromatic carbocycles. The average Bonchev–Trinajstić information content (AvgIpc) is 3.36. The first-order valence-corrected chi connectivity index (χ1v) is 10.4. The molecule has 3 aromatic heterocycles. The van der Waals surface area contributed by atoms with Gasteiger partial charge in [-0.15, -0.1) is 0 Å². The molecule has 154 valence electrons. The number of nitrogens with zero attached hydrogens (tertiary/aromatic N) is 4. The van der Waals surface area contributed by atoms with Gasteiger partial charge in [0, 0.05) is 37.6 Å². The Balaban J connectivity index is 1.26. The number of pyridine rings is 3. The number of hydrogen-bond acceptors (Lipinski definition) is 6. The third-order valence-electron chi connectivity index (χ3n) is 5.76. The monoisotopic (exact) mass is 423 g/mol. The Morgan fingerprint density at radius 1 is 1.13 bits per heavy atom. The van der Waals surface area contributed by atoms with E-state index < -0.39 is 0 Å². The van der Waals surface area contributed by atoms with E-state index in [1.54, 1.807) is 41.4 Å². The molecule has 0 spiro atoms. The van der Waals surface area contributed by atoms with Crippen LogP contribution in [0.4, 0.5) is 5.82 Å². The summed E-state index contributed by atoms with van der Waals surface area (Å²) < 4.78 is 7.24. The van der Waals surface area contributed by atoms with Crippen molar-refractivity contribution in [1.82, 2.24) is 19.9 Å². The van der Waals surface area contributed by atoms with Crippen LogP contribution in [-0.2, 0) is 6.61 Å². The van der Waals surface area contributed by atoms with E-state index in [1.807, 2.05) is 12.1 Å². The second kappa shape index (κ2) is 8.08. The van der Waals surface area contributed by atoms with E-state index in [2.05, 4.69) is 20.2 Å². The maximum atomic E-state index is 12.6. The topological polar surface area (TPSA) is 72.3 Å². The van der Waals surface area contributed by atoms with Gasteiger partial charge < -0.3 is 15.0 Å². The first kappa shape index (κ1) is 19.1. The molecular formula is C22H22ClN5O2. The first-order valence-electron chi connectivity index (χ1n) is 10.1. The fourth-order valence-electron chi connectivity index (χ4n) is 4.16. The normalized spacial score (nSPS) is 20.4. The molecular weight excluding hydrogens is 402 g/mol. The third kappa shape index (κ3) is 3.91. The average molecular weight is 424 g/mol. The lowest BCUT2D eigenvalue weighted by Gasteiger charge is -2.18. The summed E-state index contributed by atoms with van der Waals surface area (Å²) >= 11 is 5.84. The van der Waals surface area contributed by atoms with Crippen molar-refractivity contribution in [2.45, 2.75) is 19.1 Å². The van der Waals surface area contributed by atoms with Crippen LogP contribution < -0.4 is 20.5 Å². The minimum Gasteiger partial charge on any atom is -0.487 e.